The third-order valence-electron chi connectivity index (χ3n) is 2.75. The van der Waals surface area contributed by atoms with Crippen LogP contribution in [0.1, 0.15) is 5.56 Å². The molecule has 0 aliphatic rings. The van der Waals surface area contributed by atoms with Crippen molar-refractivity contribution in [3.05, 3.63) is 28.2 Å². The zero-order valence-electron chi connectivity index (χ0n) is 11.7. The molecule has 1 heterocycles. The number of halogens is 2. The number of hydrogen-bond donors (Lipinski definition) is 0. The van der Waals surface area contributed by atoms with E-state index in [1.54, 1.807) is 13.2 Å². The van der Waals surface area contributed by atoms with Crippen LogP contribution in [-0.4, -0.2) is 62.2 Å². The zero-order chi connectivity index (χ0) is 14.3. The molecule has 0 N–H and O–H groups in total. The van der Waals surface area contributed by atoms with Crippen molar-refractivity contribution in [3.8, 4) is 0 Å². The molecule has 0 saturated heterocycles. The number of likely N-dealkylation sites (N-methyl/N-ethyl adjacent to an activating group) is 1. The predicted octanol–water partition coefficient (Wildman–Crippen LogP) is 1.99. The Morgan fingerprint density at radius 3 is 2.68 bits per heavy atom. The summed E-state index contributed by atoms with van der Waals surface area (Å²) in [5, 5.41) is 0. The fourth-order valence-electron chi connectivity index (χ4n) is 1.65. The lowest BCUT2D eigenvalue weighted by atomic mass is 10.2. The molecule has 4 nitrogen and oxygen atoms in total. The molecule has 0 radical (unpaired) electrons. The van der Waals surface area contributed by atoms with Crippen molar-refractivity contribution in [1.82, 2.24) is 14.8 Å². The van der Waals surface area contributed by atoms with Crippen molar-refractivity contribution in [3.63, 3.8) is 0 Å². The van der Waals surface area contributed by atoms with Gasteiger partial charge < -0.3 is 9.64 Å². The molecule has 1 rings (SSSR count). The highest BCUT2D eigenvalue weighted by Gasteiger charge is 2.11. The molecule has 0 aromatic carbocycles. The van der Waals surface area contributed by atoms with Gasteiger partial charge in [0, 0.05) is 49.5 Å². The number of aromatic nitrogens is 1. The SMILES string of the molecule is COCCN(CCN(C)C)Cc1cc(Br)cnc1F. The molecule has 0 spiro atoms. The summed E-state index contributed by atoms with van der Waals surface area (Å²) in [6, 6.07) is 1.78. The van der Waals surface area contributed by atoms with Gasteiger partial charge in [-0.3, -0.25) is 4.90 Å². The number of hydrogen-bond acceptors (Lipinski definition) is 4. The van der Waals surface area contributed by atoms with Crippen molar-refractivity contribution in [2.75, 3.05) is 47.4 Å². The van der Waals surface area contributed by atoms with Crippen molar-refractivity contribution < 1.29 is 9.13 Å². The second kappa shape index (κ2) is 8.58. The molecule has 0 fully saturated rings. The molecule has 0 amide bonds. The first kappa shape index (κ1) is 16.5. The Morgan fingerprint density at radius 2 is 2.05 bits per heavy atom. The quantitative estimate of drug-likeness (QED) is 0.680. The van der Waals surface area contributed by atoms with Crippen LogP contribution in [0.15, 0.2) is 16.7 Å². The third kappa shape index (κ3) is 6.42. The molecule has 0 atom stereocenters. The lowest BCUT2D eigenvalue weighted by Crippen LogP contribution is -2.34. The first-order chi connectivity index (χ1) is 9.02. The van der Waals surface area contributed by atoms with Crippen LogP contribution >= 0.6 is 15.9 Å². The molecular weight excluding hydrogens is 313 g/mol. The van der Waals surface area contributed by atoms with Crippen LogP contribution in [0, 0.1) is 5.95 Å². The Kier molecular flexibility index (Phi) is 7.45. The molecule has 0 unspecified atom stereocenters. The summed E-state index contributed by atoms with van der Waals surface area (Å²) in [5.41, 5.74) is 0.601. The van der Waals surface area contributed by atoms with Crippen LogP contribution in [0.4, 0.5) is 4.39 Å². The number of rotatable bonds is 8. The smallest absolute Gasteiger partial charge is 0.217 e. The largest absolute Gasteiger partial charge is 0.383 e. The Balaban J connectivity index is 2.66. The van der Waals surface area contributed by atoms with Crippen molar-refractivity contribution in [1.29, 1.82) is 0 Å². The van der Waals surface area contributed by atoms with Gasteiger partial charge in [-0.2, -0.15) is 4.39 Å². The molecule has 0 saturated carbocycles. The average Bonchev–Trinajstić information content (AvgIpc) is 2.36. The van der Waals surface area contributed by atoms with Gasteiger partial charge in [-0.15, -0.1) is 0 Å². The number of nitrogens with zero attached hydrogens (tertiary/aromatic N) is 3. The highest BCUT2D eigenvalue weighted by atomic mass is 79.9. The van der Waals surface area contributed by atoms with Gasteiger partial charge in [0.25, 0.3) is 0 Å². The fourth-order valence-corrected chi connectivity index (χ4v) is 2.03. The predicted molar refractivity (Wildman–Crippen MR) is 77.6 cm³/mol. The number of ether oxygens (including phenoxy) is 1. The monoisotopic (exact) mass is 333 g/mol. The first-order valence-corrected chi connectivity index (χ1v) is 6.98. The van der Waals surface area contributed by atoms with E-state index in [0.29, 0.717) is 18.7 Å². The van der Waals surface area contributed by atoms with E-state index in [0.717, 1.165) is 24.1 Å². The van der Waals surface area contributed by atoms with Gasteiger partial charge in [0.1, 0.15) is 0 Å². The highest BCUT2D eigenvalue weighted by Crippen LogP contribution is 2.14. The topological polar surface area (TPSA) is 28.6 Å². The third-order valence-corrected chi connectivity index (χ3v) is 3.18. The Bertz CT molecular complexity index is 390. The molecule has 6 heteroatoms. The lowest BCUT2D eigenvalue weighted by Gasteiger charge is -2.23. The summed E-state index contributed by atoms with van der Waals surface area (Å²) in [4.78, 5) is 7.99. The van der Waals surface area contributed by atoms with Gasteiger partial charge in [-0.05, 0) is 36.1 Å². The Labute approximate surface area is 122 Å². The lowest BCUT2D eigenvalue weighted by molar-refractivity contribution is 0.137. The fraction of sp³-hybridized carbons (Fsp3) is 0.615. The van der Waals surface area contributed by atoms with Crippen molar-refractivity contribution in [2.24, 2.45) is 0 Å². The van der Waals surface area contributed by atoms with E-state index in [9.17, 15) is 4.39 Å². The molecule has 0 bridgehead atoms. The van der Waals surface area contributed by atoms with Crippen LogP contribution in [0.2, 0.25) is 0 Å². The van der Waals surface area contributed by atoms with Gasteiger partial charge in [0.15, 0.2) is 0 Å². The summed E-state index contributed by atoms with van der Waals surface area (Å²) >= 11 is 3.32. The molecule has 1 aromatic heterocycles. The average molecular weight is 334 g/mol. The van der Waals surface area contributed by atoms with E-state index in [-0.39, 0.29) is 0 Å². The van der Waals surface area contributed by atoms with Crippen LogP contribution < -0.4 is 0 Å². The van der Waals surface area contributed by atoms with Gasteiger partial charge in [-0.1, -0.05) is 0 Å². The molecule has 108 valence electrons. The second-order valence-electron chi connectivity index (χ2n) is 4.68. The second-order valence-corrected chi connectivity index (χ2v) is 5.59. The summed E-state index contributed by atoms with van der Waals surface area (Å²) in [5.74, 6) is -0.407. The van der Waals surface area contributed by atoms with Gasteiger partial charge in [0.05, 0.1) is 6.61 Å². The van der Waals surface area contributed by atoms with Gasteiger partial charge in [0.2, 0.25) is 5.95 Å². The van der Waals surface area contributed by atoms with Crippen molar-refractivity contribution in [2.45, 2.75) is 6.54 Å². The molecule has 0 aliphatic heterocycles. The van der Waals surface area contributed by atoms with Crippen LogP contribution in [0.5, 0.6) is 0 Å². The highest BCUT2D eigenvalue weighted by molar-refractivity contribution is 9.10. The summed E-state index contributed by atoms with van der Waals surface area (Å²) in [6.07, 6.45) is 1.47. The van der Waals surface area contributed by atoms with Gasteiger partial charge in [-0.25, -0.2) is 4.98 Å². The van der Waals surface area contributed by atoms with E-state index < -0.39 is 5.95 Å². The Morgan fingerprint density at radius 1 is 1.32 bits per heavy atom. The summed E-state index contributed by atoms with van der Waals surface area (Å²) in [7, 11) is 5.72. The maximum Gasteiger partial charge on any atom is 0.217 e. The number of methoxy groups -OCH3 is 1. The minimum absolute atomic E-state index is 0.407. The maximum absolute atomic E-state index is 13.7. The summed E-state index contributed by atoms with van der Waals surface area (Å²) < 4.78 is 19.5. The van der Waals surface area contributed by atoms with E-state index in [1.165, 1.54) is 6.20 Å². The minimum Gasteiger partial charge on any atom is -0.383 e. The van der Waals surface area contributed by atoms with E-state index >= 15 is 0 Å². The minimum atomic E-state index is -0.407. The molecular formula is C13H21BrFN3O. The number of pyridine rings is 1. The van der Waals surface area contributed by atoms with Crippen LogP contribution in [0.3, 0.4) is 0 Å². The maximum atomic E-state index is 13.7. The van der Waals surface area contributed by atoms with E-state index in [2.05, 4.69) is 30.7 Å². The van der Waals surface area contributed by atoms with Gasteiger partial charge >= 0.3 is 0 Å². The van der Waals surface area contributed by atoms with Crippen molar-refractivity contribution >= 4 is 15.9 Å². The molecule has 0 aliphatic carbocycles. The molecule has 19 heavy (non-hydrogen) atoms. The van der Waals surface area contributed by atoms with E-state index in [4.69, 9.17) is 4.74 Å². The standard InChI is InChI=1S/C13H21BrFN3O/c1-17(2)4-5-18(6-7-19-3)10-11-8-12(14)9-16-13(11)15/h8-9H,4-7,10H2,1-3H3. The van der Waals surface area contributed by atoms with Crippen LogP contribution in [0.25, 0.3) is 0 Å². The normalized spacial score (nSPS) is 11.5. The zero-order valence-corrected chi connectivity index (χ0v) is 13.3. The summed E-state index contributed by atoms with van der Waals surface area (Å²) in [6.45, 7) is 3.73. The van der Waals surface area contributed by atoms with Crippen LogP contribution in [-0.2, 0) is 11.3 Å². The van der Waals surface area contributed by atoms with E-state index in [1.807, 2.05) is 14.1 Å². The molecule has 1 aromatic rings. The first-order valence-electron chi connectivity index (χ1n) is 6.19. The Hall–Kier alpha value is -0.560.